The van der Waals surface area contributed by atoms with Gasteiger partial charge in [-0.05, 0) is 29.8 Å². The average molecular weight is 411 g/mol. The maximum atomic E-state index is 9.40. The van der Waals surface area contributed by atoms with Crippen molar-refractivity contribution in [2.45, 2.75) is 12.6 Å². The topological polar surface area (TPSA) is 171 Å². The predicted octanol–water partition coefficient (Wildman–Crippen LogP) is 2.03. The van der Waals surface area contributed by atoms with Crippen molar-refractivity contribution in [3.8, 4) is 18.0 Å². The zero-order valence-electron chi connectivity index (χ0n) is 16.2. The van der Waals surface area contributed by atoms with Crippen LogP contribution >= 0.6 is 0 Å². The monoisotopic (exact) mass is 411 g/mol. The van der Waals surface area contributed by atoms with Crippen molar-refractivity contribution >= 4 is 23.3 Å². The van der Waals surface area contributed by atoms with Gasteiger partial charge in [-0.15, -0.1) is 0 Å². The number of hydrogen-bond acceptors (Lipinski definition) is 10. The number of pyridine rings is 2. The molecule has 1 aliphatic heterocycles. The van der Waals surface area contributed by atoms with Crippen LogP contribution in [0.15, 0.2) is 53.7 Å². The van der Waals surface area contributed by atoms with Crippen LogP contribution in [0.4, 0.5) is 17.3 Å². The second-order valence-electron chi connectivity index (χ2n) is 6.58. The Morgan fingerprint density at radius 3 is 2.61 bits per heavy atom. The lowest BCUT2D eigenvalue weighted by atomic mass is 9.95. The van der Waals surface area contributed by atoms with Gasteiger partial charge in [0, 0.05) is 11.8 Å². The molecule has 4 rings (SSSR count). The quantitative estimate of drug-likeness (QED) is 0.370. The van der Waals surface area contributed by atoms with E-state index in [1.165, 1.54) is 0 Å². The Labute approximate surface area is 177 Å². The Morgan fingerprint density at radius 1 is 1.13 bits per heavy atom. The maximum Gasteiger partial charge on any atom is 0.211 e. The molecule has 0 saturated carbocycles. The number of nitrogens with two attached hydrogens (primary N) is 2. The summed E-state index contributed by atoms with van der Waals surface area (Å²) in [5, 5.41) is 23.7. The van der Waals surface area contributed by atoms with Gasteiger partial charge in [-0.3, -0.25) is 10.3 Å². The third kappa shape index (κ3) is 3.86. The number of ether oxygens (including phenoxy) is 1. The van der Waals surface area contributed by atoms with E-state index in [1.807, 2.05) is 42.6 Å². The Kier molecular flexibility index (Phi) is 5.20. The number of benzene rings is 1. The molecule has 31 heavy (non-hydrogen) atoms. The molecular formula is C21H17N9O. The highest BCUT2D eigenvalue weighted by Gasteiger charge is 2.29. The minimum absolute atomic E-state index is 0.00137. The van der Waals surface area contributed by atoms with E-state index in [0.29, 0.717) is 23.7 Å². The first kappa shape index (κ1) is 19.5. The lowest BCUT2D eigenvalue weighted by Crippen LogP contribution is -2.32. The van der Waals surface area contributed by atoms with Gasteiger partial charge in [-0.25, -0.2) is 9.98 Å². The van der Waals surface area contributed by atoms with Crippen molar-refractivity contribution in [2.75, 3.05) is 16.8 Å². The number of aliphatic imine (C=N–C) groups is 1. The van der Waals surface area contributed by atoms with E-state index in [1.54, 1.807) is 18.3 Å². The number of nitrogen functional groups attached to an aromatic ring is 2. The van der Waals surface area contributed by atoms with Crippen molar-refractivity contribution in [1.82, 2.24) is 15.3 Å². The van der Waals surface area contributed by atoms with Crippen LogP contribution in [0.3, 0.4) is 0 Å². The van der Waals surface area contributed by atoms with Crippen LogP contribution < -0.4 is 26.8 Å². The maximum absolute atomic E-state index is 9.40. The normalized spacial score (nSPS) is 14.3. The number of nitrogens with zero attached hydrogens (tertiary/aromatic N) is 5. The van der Waals surface area contributed by atoms with Gasteiger partial charge in [0.05, 0.1) is 11.4 Å². The smallest absolute Gasteiger partial charge is 0.211 e. The number of nitriles is 2. The van der Waals surface area contributed by atoms with Crippen molar-refractivity contribution in [2.24, 2.45) is 4.99 Å². The molecule has 6 N–H and O–H groups in total. The van der Waals surface area contributed by atoms with Crippen LogP contribution in [-0.2, 0) is 6.61 Å². The first-order valence-corrected chi connectivity index (χ1v) is 9.22. The van der Waals surface area contributed by atoms with Crippen LogP contribution in [0.1, 0.15) is 28.4 Å². The van der Waals surface area contributed by atoms with Gasteiger partial charge in [-0.2, -0.15) is 10.5 Å². The standard InChI is InChI=1S/C21H17N9O/c22-9-15-17(24)16-18(28-21(27-11-23)30-20(16)29-19(15)25)12-4-6-14(7-5-12)31-10-13-3-1-2-8-26-13/h1-8,18H,10H2,(H6,24,25,27,28,29,30). The molecule has 1 unspecified atom stereocenters. The minimum atomic E-state index is -0.600. The highest BCUT2D eigenvalue weighted by Crippen LogP contribution is 2.40. The number of fused-ring (bicyclic) bond motifs is 1. The van der Waals surface area contributed by atoms with E-state index in [2.05, 4.69) is 25.6 Å². The molecule has 0 spiro atoms. The Balaban J connectivity index is 1.66. The van der Waals surface area contributed by atoms with Crippen molar-refractivity contribution in [1.29, 1.82) is 10.5 Å². The number of guanidine groups is 1. The SMILES string of the molecule is N#CNC1=NC(c2ccc(OCc3ccccn3)cc2)c2c(nc(N)c(C#N)c2N)N1. The van der Waals surface area contributed by atoms with Crippen LogP contribution in [0.25, 0.3) is 0 Å². The molecule has 0 radical (unpaired) electrons. The van der Waals surface area contributed by atoms with Crippen molar-refractivity contribution < 1.29 is 4.74 Å². The fourth-order valence-corrected chi connectivity index (χ4v) is 3.21. The van der Waals surface area contributed by atoms with E-state index in [0.717, 1.165) is 11.3 Å². The van der Waals surface area contributed by atoms with E-state index < -0.39 is 6.04 Å². The summed E-state index contributed by atoms with van der Waals surface area (Å²) in [4.78, 5) is 13.0. The third-order valence-electron chi connectivity index (χ3n) is 4.67. The second kappa shape index (κ2) is 8.27. The molecule has 10 nitrogen and oxygen atoms in total. The van der Waals surface area contributed by atoms with Crippen molar-refractivity contribution in [3.05, 3.63) is 71.0 Å². The molecule has 0 bridgehead atoms. The van der Waals surface area contributed by atoms with Crippen molar-refractivity contribution in [3.63, 3.8) is 0 Å². The number of nitrogens with one attached hydrogen (secondary N) is 2. The molecule has 0 amide bonds. The second-order valence-corrected chi connectivity index (χ2v) is 6.58. The third-order valence-corrected chi connectivity index (χ3v) is 4.67. The summed E-state index contributed by atoms with van der Waals surface area (Å²) < 4.78 is 5.78. The summed E-state index contributed by atoms with van der Waals surface area (Å²) in [6.45, 7) is 0.340. The van der Waals surface area contributed by atoms with Gasteiger partial charge in [0.15, 0.2) is 6.19 Å². The summed E-state index contributed by atoms with van der Waals surface area (Å²) in [6.07, 6.45) is 3.53. The molecule has 0 fully saturated rings. The molecule has 1 aromatic carbocycles. The highest BCUT2D eigenvalue weighted by molar-refractivity contribution is 5.98. The summed E-state index contributed by atoms with van der Waals surface area (Å²) >= 11 is 0. The molecule has 152 valence electrons. The molecule has 1 aliphatic rings. The van der Waals surface area contributed by atoms with E-state index in [-0.39, 0.29) is 23.0 Å². The average Bonchev–Trinajstić information content (AvgIpc) is 2.78. The number of aromatic nitrogens is 2. The van der Waals surface area contributed by atoms with E-state index in [4.69, 9.17) is 21.5 Å². The first-order chi connectivity index (χ1) is 15.1. The molecule has 3 heterocycles. The predicted molar refractivity (Wildman–Crippen MR) is 114 cm³/mol. The van der Waals surface area contributed by atoms with Gasteiger partial charge in [0.2, 0.25) is 5.96 Å². The Hall–Kier alpha value is -4.83. The van der Waals surface area contributed by atoms with Crippen LogP contribution in [0, 0.1) is 22.8 Å². The highest BCUT2D eigenvalue weighted by atomic mass is 16.5. The van der Waals surface area contributed by atoms with Crippen LogP contribution in [0.5, 0.6) is 5.75 Å². The van der Waals surface area contributed by atoms with Crippen LogP contribution in [0.2, 0.25) is 0 Å². The molecule has 3 aromatic rings. The largest absolute Gasteiger partial charge is 0.487 e. The van der Waals surface area contributed by atoms with E-state index >= 15 is 0 Å². The van der Waals surface area contributed by atoms with E-state index in [9.17, 15) is 5.26 Å². The Morgan fingerprint density at radius 2 is 1.94 bits per heavy atom. The number of anilines is 3. The first-order valence-electron chi connectivity index (χ1n) is 9.22. The summed E-state index contributed by atoms with van der Waals surface area (Å²) in [5.41, 5.74) is 14.5. The fourth-order valence-electron chi connectivity index (χ4n) is 3.21. The molecule has 1 atom stereocenters. The zero-order valence-corrected chi connectivity index (χ0v) is 16.2. The van der Waals surface area contributed by atoms with Gasteiger partial charge in [0.25, 0.3) is 0 Å². The van der Waals surface area contributed by atoms with Gasteiger partial charge < -0.3 is 21.5 Å². The fraction of sp³-hybridized carbons (Fsp3) is 0.0952. The molecule has 10 heteroatoms. The summed E-state index contributed by atoms with van der Waals surface area (Å²) in [5.74, 6) is 1.19. The Bertz CT molecular complexity index is 1220. The number of rotatable bonds is 4. The lowest BCUT2D eigenvalue weighted by Gasteiger charge is -2.26. The molecule has 0 saturated heterocycles. The van der Waals surface area contributed by atoms with Gasteiger partial charge in [-0.1, -0.05) is 18.2 Å². The van der Waals surface area contributed by atoms with Gasteiger partial charge in [0.1, 0.15) is 41.7 Å². The number of hydrogen-bond donors (Lipinski definition) is 4. The zero-order chi connectivity index (χ0) is 21.8. The summed E-state index contributed by atoms with van der Waals surface area (Å²) in [7, 11) is 0. The molecule has 0 aliphatic carbocycles. The molecular weight excluding hydrogens is 394 g/mol. The summed E-state index contributed by atoms with van der Waals surface area (Å²) in [6, 6.07) is 14.3. The minimum Gasteiger partial charge on any atom is -0.487 e. The lowest BCUT2D eigenvalue weighted by molar-refractivity contribution is 0.301. The van der Waals surface area contributed by atoms with Crippen LogP contribution in [-0.4, -0.2) is 15.9 Å². The van der Waals surface area contributed by atoms with Gasteiger partial charge >= 0.3 is 0 Å². The molecule has 2 aromatic heterocycles.